The van der Waals surface area contributed by atoms with Gasteiger partial charge >= 0.3 is 6.18 Å². The molecule has 1 saturated heterocycles. The summed E-state index contributed by atoms with van der Waals surface area (Å²) in [4.78, 5) is 15.0. The summed E-state index contributed by atoms with van der Waals surface area (Å²) < 4.78 is 55.2. The lowest BCUT2D eigenvalue weighted by atomic mass is 9.89. The van der Waals surface area contributed by atoms with Crippen LogP contribution in [0.25, 0.3) is 0 Å². The number of rotatable bonds is 5. The second-order valence-electron chi connectivity index (χ2n) is 7.55. The minimum absolute atomic E-state index is 0.112. The Hall–Kier alpha value is -2.74. The molecule has 0 aliphatic carbocycles. The Labute approximate surface area is 172 Å². The number of likely N-dealkylation sites (tertiary alicyclic amines) is 1. The summed E-state index contributed by atoms with van der Waals surface area (Å²) in [6.45, 7) is 2.03. The van der Waals surface area contributed by atoms with Crippen molar-refractivity contribution in [1.29, 1.82) is 0 Å². The highest BCUT2D eigenvalue weighted by Crippen LogP contribution is 2.42. The van der Waals surface area contributed by atoms with Crippen molar-refractivity contribution in [3.8, 4) is 17.2 Å². The van der Waals surface area contributed by atoms with E-state index in [0.717, 1.165) is 30.7 Å². The number of methoxy groups -OCH3 is 1. The van der Waals surface area contributed by atoms with Gasteiger partial charge in [0, 0.05) is 24.6 Å². The van der Waals surface area contributed by atoms with Gasteiger partial charge in [-0.15, -0.1) is 0 Å². The highest BCUT2D eigenvalue weighted by molar-refractivity contribution is 5.98. The van der Waals surface area contributed by atoms with E-state index in [-0.39, 0.29) is 24.1 Å². The van der Waals surface area contributed by atoms with Crippen LogP contribution in [0.15, 0.2) is 36.4 Å². The smallest absolute Gasteiger partial charge is 0.416 e. The summed E-state index contributed by atoms with van der Waals surface area (Å²) in [5.74, 6) is 1.22. The summed E-state index contributed by atoms with van der Waals surface area (Å²) in [5.41, 5.74) is 0.276. The number of carbonyl (C=O) groups is 1. The quantitative estimate of drug-likeness (QED) is 0.664. The van der Waals surface area contributed by atoms with Gasteiger partial charge in [0.25, 0.3) is 0 Å². The molecule has 2 heterocycles. The molecule has 0 spiro atoms. The van der Waals surface area contributed by atoms with Gasteiger partial charge in [-0.05, 0) is 49.2 Å². The standard InChI is InChI=1S/C22H22F3NO4/c1-28-18-8-14(9-19-21(18)30-13-29-19)11-26-7-3-5-16(12-26)20(27)15-4-2-6-17(10-15)22(23,24)25/h2,4,6,8-10,16H,3,5,7,11-13H2,1H3/t16-/m1/s1. The van der Waals surface area contributed by atoms with Crippen molar-refractivity contribution < 1.29 is 32.2 Å². The minimum atomic E-state index is -4.46. The van der Waals surface area contributed by atoms with Gasteiger partial charge in [-0.1, -0.05) is 12.1 Å². The fourth-order valence-electron chi connectivity index (χ4n) is 4.03. The number of piperidine rings is 1. The number of Topliss-reactive ketones (excluding diaryl/α,β-unsaturated/α-hetero) is 1. The number of hydrogen-bond donors (Lipinski definition) is 0. The highest BCUT2D eigenvalue weighted by atomic mass is 19.4. The van der Waals surface area contributed by atoms with E-state index in [1.54, 1.807) is 7.11 Å². The summed E-state index contributed by atoms with van der Waals surface area (Å²) in [7, 11) is 1.56. The molecule has 8 heteroatoms. The molecule has 160 valence electrons. The number of ether oxygens (including phenoxy) is 3. The van der Waals surface area contributed by atoms with Crippen molar-refractivity contribution in [3.63, 3.8) is 0 Å². The van der Waals surface area contributed by atoms with Crippen LogP contribution in [0, 0.1) is 5.92 Å². The maximum absolute atomic E-state index is 13.0. The maximum atomic E-state index is 13.0. The number of halogens is 3. The molecule has 2 aliphatic heterocycles. The van der Waals surface area contributed by atoms with E-state index in [1.165, 1.54) is 12.1 Å². The van der Waals surface area contributed by atoms with Gasteiger partial charge < -0.3 is 14.2 Å². The molecule has 0 saturated carbocycles. The molecule has 1 atom stereocenters. The van der Waals surface area contributed by atoms with Crippen LogP contribution in [-0.2, 0) is 12.7 Å². The van der Waals surface area contributed by atoms with Crippen LogP contribution in [0.2, 0.25) is 0 Å². The number of benzene rings is 2. The van der Waals surface area contributed by atoms with Gasteiger partial charge in [-0.25, -0.2) is 0 Å². The summed E-state index contributed by atoms with van der Waals surface area (Å²) >= 11 is 0. The lowest BCUT2D eigenvalue weighted by Crippen LogP contribution is -2.38. The average molecular weight is 421 g/mol. The molecule has 0 aromatic heterocycles. The van der Waals surface area contributed by atoms with Crippen LogP contribution in [-0.4, -0.2) is 37.7 Å². The molecule has 0 radical (unpaired) electrons. The Morgan fingerprint density at radius 2 is 2.07 bits per heavy atom. The Kier molecular flexibility index (Phi) is 5.60. The van der Waals surface area contributed by atoms with Gasteiger partial charge in [-0.3, -0.25) is 9.69 Å². The van der Waals surface area contributed by atoms with Gasteiger partial charge in [0.05, 0.1) is 12.7 Å². The first kappa shape index (κ1) is 20.5. The van der Waals surface area contributed by atoms with E-state index in [4.69, 9.17) is 14.2 Å². The predicted octanol–water partition coefficient (Wildman–Crippen LogP) is 4.54. The number of hydrogen-bond acceptors (Lipinski definition) is 5. The average Bonchev–Trinajstić information content (AvgIpc) is 3.21. The second kappa shape index (κ2) is 8.18. The molecule has 1 fully saturated rings. The zero-order chi connectivity index (χ0) is 21.3. The maximum Gasteiger partial charge on any atom is 0.416 e. The van der Waals surface area contributed by atoms with E-state index >= 15 is 0 Å². The molecule has 2 aromatic carbocycles. The van der Waals surface area contributed by atoms with Crippen LogP contribution >= 0.6 is 0 Å². The molecular formula is C22H22F3NO4. The second-order valence-corrected chi connectivity index (χ2v) is 7.55. The van der Waals surface area contributed by atoms with Gasteiger partial charge in [0.2, 0.25) is 12.5 Å². The van der Waals surface area contributed by atoms with Crippen LogP contribution in [0.5, 0.6) is 17.2 Å². The number of nitrogens with zero attached hydrogens (tertiary/aromatic N) is 1. The van der Waals surface area contributed by atoms with Crippen LogP contribution < -0.4 is 14.2 Å². The lowest BCUT2D eigenvalue weighted by Gasteiger charge is -2.32. The number of ketones is 1. The van der Waals surface area contributed by atoms with Crippen molar-refractivity contribution in [3.05, 3.63) is 53.1 Å². The van der Waals surface area contributed by atoms with E-state index in [2.05, 4.69) is 4.90 Å². The predicted molar refractivity (Wildman–Crippen MR) is 103 cm³/mol. The Morgan fingerprint density at radius 3 is 2.83 bits per heavy atom. The van der Waals surface area contributed by atoms with Crippen molar-refractivity contribution in [1.82, 2.24) is 4.90 Å². The van der Waals surface area contributed by atoms with Gasteiger partial charge in [0.15, 0.2) is 17.3 Å². The first-order chi connectivity index (χ1) is 14.3. The first-order valence-electron chi connectivity index (χ1n) is 9.75. The van der Waals surface area contributed by atoms with Crippen molar-refractivity contribution in [2.24, 2.45) is 5.92 Å². The van der Waals surface area contributed by atoms with Crippen molar-refractivity contribution in [2.75, 3.05) is 27.0 Å². The third-order valence-electron chi connectivity index (χ3n) is 5.48. The van der Waals surface area contributed by atoms with Gasteiger partial charge in [-0.2, -0.15) is 13.2 Å². The minimum Gasteiger partial charge on any atom is -0.493 e. The van der Waals surface area contributed by atoms with E-state index < -0.39 is 11.7 Å². The third-order valence-corrected chi connectivity index (χ3v) is 5.48. The van der Waals surface area contributed by atoms with Crippen LogP contribution in [0.3, 0.4) is 0 Å². The Bertz CT molecular complexity index is 944. The molecular weight excluding hydrogens is 399 g/mol. The van der Waals surface area contributed by atoms with E-state index in [9.17, 15) is 18.0 Å². The molecule has 30 heavy (non-hydrogen) atoms. The molecule has 0 bridgehead atoms. The zero-order valence-electron chi connectivity index (χ0n) is 16.5. The SMILES string of the molecule is COc1cc(CN2CCC[C@@H](C(=O)c3cccc(C(F)(F)F)c3)C2)cc2c1OCO2. The zero-order valence-corrected chi connectivity index (χ0v) is 16.5. The topological polar surface area (TPSA) is 48.0 Å². The Morgan fingerprint density at radius 1 is 1.23 bits per heavy atom. The normalized spacial score (nSPS) is 19.0. The molecule has 0 amide bonds. The lowest BCUT2D eigenvalue weighted by molar-refractivity contribution is -0.137. The first-order valence-corrected chi connectivity index (χ1v) is 9.75. The van der Waals surface area contributed by atoms with Crippen LogP contribution in [0.1, 0.15) is 34.3 Å². The number of fused-ring (bicyclic) bond motifs is 1. The van der Waals surface area contributed by atoms with Gasteiger partial charge in [0.1, 0.15) is 0 Å². The monoisotopic (exact) mass is 421 g/mol. The largest absolute Gasteiger partial charge is 0.493 e. The third kappa shape index (κ3) is 4.23. The molecule has 2 aliphatic rings. The number of carbonyl (C=O) groups excluding carboxylic acids is 1. The summed E-state index contributed by atoms with van der Waals surface area (Å²) in [6.07, 6.45) is -3.00. The fourth-order valence-corrected chi connectivity index (χ4v) is 4.03. The van der Waals surface area contributed by atoms with Crippen molar-refractivity contribution in [2.45, 2.75) is 25.6 Å². The van der Waals surface area contributed by atoms with Crippen LogP contribution in [0.4, 0.5) is 13.2 Å². The van der Waals surface area contributed by atoms with E-state index in [1.807, 2.05) is 12.1 Å². The molecule has 0 unspecified atom stereocenters. The molecule has 0 N–H and O–H groups in total. The summed E-state index contributed by atoms with van der Waals surface area (Å²) in [6, 6.07) is 8.45. The highest BCUT2D eigenvalue weighted by Gasteiger charge is 2.32. The Balaban J connectivity index is 1.47. The molecule has 2 aromatic rings. The van der Waals surface area contributed by atoms with E-state index in [0.29, 0.717) is 36.8 Å². The van der Waals surface area contributed by atoms with Crippen molar-refractivity contribution >= 4 is 5.78 Å². The molecule has 5 nitrogen and oxygen atoms in total. The number of alkyl halides is 3. The summed E-state index contributed by atoms with van der Waals surface area (Å²) in [5, 5.41) is 0. The molecule has 4 rings (SSSR count). The fraction of sp³-hybridized carbons (Fsp3) is 0.409.